The fourth-order valence-electron chi connectivity index (χ4n) is 4.44. The van der Waals surface area contributed by atoms with E-state index in [0.717, 1.165) is 34.9 Å². The molecule has 0 bridgehead atoms. The summed E-state index contributed by atoms with van der Waals surface area (Å²) in [5.74, 6) is 0.0591. The Balaban J connectivity index is 1.52. The van der Waals surface area contributed by atoms with E-state index in [1.54, 1.807) is 24.3 Å². The van der Waals surface area contributed by atoms with Crippen LogP contribution in [-0.2, 0) is 36.3 Å². The lowest BCUT2D eigenvalue weighted by atomic mass is 10.0. The normalized spacial score (nSPS) is 17.9. The number of hydrogen-bond donors (Lipinski definition) is 1. The van der Waals surface area contributed by atoms with Crippen molar-refractivity contribution in [2.45, 2.75) is 36.6 Å². The summed E-state index contributed by atoms with van der Waals surface area (Å²) in [5.41, 5.74) is 3.09. The maximum atomic E-state index is 12.9. The summed E-state index contributed by atoms with van der Waals surface area (Å²) in [5, 5.41) is 1.07. The summed E-state index contributed by atoms with van der Waals surface area (Å²) < 4.78 is 50.5. The molecule has 0 spiro atoms. The highest BCUT2D eigenvalue weighted by Crippen LogP contribution is 2.54. The van der Waals surface area contributed by atoms with Crippen LogP contribution in [-0.4, -0.2) is 50.6 Å². The van der Waals surface area contributed by atoms with Crippen molar-refractivity contribution < 1.29 is 22.0 Å². The van der Waals surface area contributed by atoms with E-state index in [1.807, 2.05) is 29.1 Å². The van der Waals surface area contributed by atoms with E-state index in [-0.39, 0.29) is 11.8 Å². The molecule has 7 nitrogen and oxygen atoms in total. The van der Waals surface area contributed by atoms with E-state index >= 15 is 0 Å². The van der Waals surface area contributed by atoms with E-state index < -0.39 is 17.6 Å². The first-order valence-electron chi connectivity index (χ1n) is 10.7. The van der Waals surface area contributed by atoms with Gasteiger partial charge in [-0.2, -0.15) is 0 Å². The number of aromatic nitrogens is 1. The number of rotatable bonds is 9. The molecule has 1 N–H and O–H groups in total. The third-order valence-electron chi connectivity index (χ3n) is 6.17. The van der Waals surface area contributed by atoms with E-state index in [9.17, 15) is 13.0 Å². The molecule has 0 radical (unpaired) electrons. The molecule has 2 heterocycles. The predicted molar refractivity (Wildman–Crippen MR) is 126 cm³/mol. The minimum Gasteiger partial charge on any atom is -0.361 e. The van der Waals surface area contributed by atoms with Gasteiger partial charge in [-0.25, -0.2) is 17.7 Å². The topological polar surface area (TPSA) is 88.7 Å². The molecule has 1 fully saturated rings. The number of H-pyrrole nitrogens is 1. The lowest BCUT2D eigenvalue weighted by molar-refractivity contribution is 0.201. The van der Waals surface area contributed by atoms with Crippen LogP contribution in [0.4, 0.5) is 0 Å². The molecule has 1 aliphatic heterocycles. The standard InChI is InChI=1S/C23H29N2O5PS/c1-29-31(26,30-2)25-13-6-7-20(25)16-19-17-24-23-11-10-18(15-22(19)23)12-14-32(27,28)21-8-4-3-5-9-21/h3-5,8-11,15,17,20,24H,6-7,12-14,16H2,1-2H3. The highest BCUT2D eigenvalue weighted by molar-refractivity contribution is 7.91. The largest absolute Gasteiger partial charge is 0.407 e. The number of nitrogens with one attached hydrogen (secondary N) is 1. The van der Waals surface area contributed by atoms with Crippen LogP contribution >= 0.6 is 7.75 Å². The van der Waals surface area contributed by atoms with Crippen molar-refractivity contribution in [2.75, 3.05) is 26.5 Å². The van der Waals surface area contributed by atoms with E-state index in [1.165, 1.54) is 14.2 Å². The quantitative estimate of drug-likeness (QED) is 0.455. The fourth-order valence-corrected chi connectivity index (χ4v) is 7.30. The van der Waals surface area contributed by atoms with Gasteiger partial charge in [0.2, 0.25) is 0 Å². The van der Waals surface area contributed by atoms with Crippen molar-refractivity contribution in [1.82, 2.24) is 9.65 Å². The number of sulfone groups is 1. The number of aryl methyl sites for hydroxylation is 1. The molecule has 9 heteroatoms. The zero-order valence-corrected chi connectivity index (χ0v) is 20.1. The van der Waals surface area contributed by atoms with Crippen LogP contribution in [0.3, 0.4) is 0 Å². The Kier molecular flexibility index (Phi) is 6.89. The maximum absolute atomic E-state index is 12.9. The van der Waals surface area contributed by atoms with Gasteiger partial charge in [0, 0.05) is 43.9 Å². The van der Waals surface area contributed by atoms with Crippen molar-refractivity contribution in [3.8, 4) is 0 Å². The van der Waals surface area contributed by atoms with Gasteiger partial charge in [0.1, 0.15) is 0 Å². The molecule has 1 aromatic heterocycles. The van der Waals surface area contributed by atoms with Gasteiger partial charge >= 0.3 is 7.75 Å². The third kappa shape index (κ3) is 4.70. The summed E-state index contributed by atoms with van der Waals surface area (Å²) >= 11 is 0. The lowest BCUT2D eigenvalue weighted by Crippen LogP contribution is -2.29. The average molecular weight is 477 g/mol. The Bertz CT molecular complexity index is 1220. The Morgan fingerprint density at radius 3 is 2.59 bits per heavy atom. The molecule has 32 heavy (non-hydrogen) atoms. The van der Waals surface area contributed by atoms with Gasteiger partial charge in [-0.15, -0.1) is 0 Å². The van der Waals surface area contributed by atoms with Crippen molar-refractivity contribution in [3.05, 3.63) is 65.9 Å². The van der Waals surface area contributed by atoms with Crippen LogP contribution in [0.2, 0.25) is 0 Å². The Labute approximate surface area is 189 Å². The van der Waals surface area contributed by atoms with Crippen molar-refractivity contribution in [3.63, 3.8) is 0 Å². The smallest absolute Gasteiger partial charge is 0.361 e. The van der Waals surface area contributed by atoms with Gasteiger partial charge in [0.05, 0.1) is 10.6 Å². The number of fused-ring (bicyclic) bond motifs is 1. The SMILES string of the molecule is COP(=O)(OC)N1CCCC1Cc1c[nH]c2ccc(CCS(=O)(=O)c3ccccc3)cc12. The first kappa shape index (κ1) is 23.2. The highest BCUT2D eigenvalue weighted by Gasteiger charge is 2.40. The van der Waals surface area contributed by atoms with Gasteiger partial charge in [-0.1, -0.05) is 24.3 Å². The van der Waals surface area contributed by atoms with Crippen molar-refractivity contribution >= 4 is 28.5 Å². The van der Waals surface area contributed by atoms with E-state index in [0.29, 0.717) is 24.3 Å². The first-order valence-corrected chi connectivity index (χ1v) is 13.9. The minimum absolute atomic E-state index is 0.0573. The summed E-state index contributed by atoms with van der Waals surface area (Å²) in [4.78, 5) is 3.65. The summed E-state index contributed by atoms with van der Waals surface area (Å²) in [7, 11) is -3.77. The number of benzene rings is 2. The van der Waals surface area contributed by atoms with Gasteiger partial charge in [0.25, 0.3) is 0 Å². The first-order chi connectivity index (χ1) is 15.4. The lowest BCUT2D eigenvalue weighted by Gasteiger charge is -2.29. The molecule has 0 amide bonds. The second-order valence-electron chi connectivity index (χ2n) is 8.07. The van der Waals surface area contributed by atoms with Gasteiger partial charge in [0.15, 0.2) is 9.84 Å². The molecule has 0 saturated carbocycles. The van der Waals surface area contributed by atoms with Gasteiger partial charge < -0.3 is 4.98 Å². The molecule has 1 aliphatic rings. The number of aromatic amines is 1. The second-order valence-corrected chi connectivity index (χ2v) is 12.4. The molecule has 3 aromatic rings. The highest BCUT2D eigenvalue weighted by atomic mass is 32.2. The van der Waals surface area contributed by atoms with Crippen LogP contribution in [0.5, 0.6) is 0 Å². The molecule has 1 atom stereocenters. The van der Waals surface area contributed by atoms with Crippen LogP contribution in [0.15, 0.2) is 59.6 Å². The zero-order chi connectivity index (χ0) is 22.8. The fraction of sp³-hybridized carbons (Fsp3) is 0.391. The van der Waals surface area contributed by atoms with E-state index in [4.69, 9.17) is 9.05 Å². The molecule has 2 aromatic carbocycles. The maximum Gasteiger partial charge on any atom is 0.407 e. The molecule has 1 unspecified atom stereocenters. The Hall–Kier alpha value is -1.96. The van der Waals surface area contributed by atoms with Crippen LogP contribution in [0.1, 0.15) is 24.0 Å². The van der Waals surface area contributed by atoms with E-state index in [2.05, 4.69) is 11.1 Å². The molecule has 0 aliphatic carbocycles. The molecule has 1 saturated heterocycles. The average Bonchev–Trinajstić information content (AvgIpc) is 3.45. The van der Waals surface area contributed by atoms with Crippen LogP contribution in [0, 0.1) is 0 Å². The third-order valence-corrected chi connectivity index (χ3v) is 9.98. The number of hydrogen-bond acceptors (Lipinski definition) is 5. The van der Waals surface area contributed by atoms with Crippen molar-refractivity contribution in [1.29, 1.82) is 0 Å². The van der Waals surface area contributed by atoms with Crippen molar-refractivity contribution in [2.24, 2.45) is 0 Å². The Morgan fingerprint density at radius 1 is 1.12 bits per heavy atom. The molecular weight excluding hydrogens is 447 g/mol. The summed E-state index contributed by atoms with van der Waals surface area (Å²) in [6, 6.07) is 14.6. The summed E-state index contributed by atoms with van der Waals surface area (Å²) in [6.45, 7) is 0.675. The monoisotopic (exact) mass is 476 g/mol. The Morgan fingerprint density at radius 2 is 1.88 bits per heavy atom. The van der Waals surface area contributed by atoms with Gasteiger partial charge in [-0.05, 0) is 61.1 Å². The minimum atomic E-state index is -3.33. The molecule has 172 valence electrons. The van der Waals surface area contributed by atoms with Crippen LogP contribution < -0.4 is 0 Å². The predicted octanol–water partition coefficient (Wildman–Crippen LogP) is 4.59. The molecular formula is C23H29N2O5PS. The van der Waals surface area contributed by atoms with Gasteiger partial charge in [-0.3, -0.25) is 9.05 Å². The summed E-state index contributed by atoms with van der Waals surface area (Å²) in [6.07, 6.45) is 4.99. The zero-order valence-electron chi connectivity index (χ0n) is 18.4. The molecule has 4 rings (SSSR count). The second kappa shape index (κ2) is 9.49. The number of nitrogens with zero attached hydrogens (tertiary/aromatic N) is 1. The van der Waals surface area contributed by atoms with Crippen LogP contribution in [0.25, 0.3) is 10.9 Å².